The minimum absolute atomic E-state index is 0.0549. The first kappa shape index (κ1) is 19.1. The van der Waals surface area contributed by atoms with E-state index < -0.39 is 0 Å². The molecule has 0 spiro atoms. The van der Waals surface area contributed by atoms with Gasteiger partial charge in [0.15, 0.2) is 0 Å². The fraction of sp³-hybridized carbons (Fsp3) is 0.476. The zero-order valence-corrected chi connectivity index (χ0v) is 16.5. The molecule has 1 fully saturated rings. The Morgan fingerprint density at radius 1 is 1.15 bits per heavy atom. The normalized spacial score (nSPS) is 15.1. The van der Waals surface area contributed by atoms with E-state index in [-0.39, 0.29) is 11.9 Å². The number of aromatic nitrogens is 2. The Hall–Kier alpha value is -2.63. The molecule has 6 heteroatoms. The predicted molar refractivity (Wildman–Crippen MR) is 109 cm³/mol. The van der Waals surface area contributed by atoms with Crippen molar-refractivity contribution in [3.63, 3.8) is 0 Å². The third-order valence-electron chi connectivity index (χ3n) is 4.87. The van der Waals surface area contributed by atoms with E-state index in [9.17, 15) is 4.79 Å². The van der Waals surface area contributed by atoms with E-state index in [4.69, 9.17) is 5.73 Å². The SMILES string of the molecule is Cc1ccccc1N1CCCN(C(=O)c2cc(CC(C)C)nc(N)n2)CC1. The van der Waals surface area contributed by atoms with E-state index in [1.807, 2.05) is 4.90 Å². The Kier molecular flexibility index (Phi) is 5.94. The second-order valence-corrected chi connectivity index (χ2v) is 7.62. The number of para-hydroxylation sites is 1. The van der Waals surface area contributed by atoms with Gasteiger partial charge in [-0.25, -0.2) is 9.97 Å². The highest BCUT2D eigenvalue weighted by molar-refractivity contribution is 5.92. The zero-order valence-electron chi connectivity index (χ0n) is 16.5. The Morgan fingerprint density at radius 2 is 1.93 bits per heavy atom. The quantitative estimate of drug-likeness (QED) is 0.899. The van der Waals surface area contributed by atoms with Crippen molar-refractivity contribution in [3.8, 4) is 0 Å². The van der Waals surface area contributed by atoms with E-state index in [1.165, 1.54) is 11.3 Å². The van der Waals surface area contributed by atoms with Crippen molar-refractivity contribution in [2.24, 2.45) is 5.92 Å². The highest BCUT2D eigenvalue weighted by Gasteiger charge is 2.23. The average molecular weight is 367 g/mol. The van der Waals surface area contributed by atoms with Gasteiger partial charge in [0.25, 0.3) is 5.91 Å². The molecule has 0 saturated carbocycles. The second kappa shape index (κ2) is 8.37. The molecule has 0 unspecified atom stereocenters. The first-order valence-electron chi connectivity index (χ1n) is 9.67. The van der Waals surface area contributed by atoms with Crippen molar-refractivity contribution in [1.82, 2.24) is 14.9 Å². The molecule has 144 valence electrons. The molecule has 2 aromatic rings. The van der Waals surface area contributed by atoms with Gasteiger partial charge >= 0.3 is 0 Å². The Balaban J connectivity index is 1.73. The lowest BCUT2D eigenvalue weighted by atomic mass is 10.1. The molecule has 0 bridgehead atoms. The summed E-state index contributed by atoms with van der Waals surface area (Å²) in [6.07, 6.45) is 1.72. The van der Waals surface area contributed by atoms with Crippen molar-refractivity contribution in [3.05, 3.63) is 47.3 Å². The van der Waals surface area contributed by atoms with E-state index in [1.54, 1.807) is 6.07 Å². The van der Waals surface area contributed by atoms with Gasteiger partial charge in [-0.1, -0.05) is 32.0 Å². The van der Waals surface area contributed by atoms with Crippen molar-refractivity contribution in [1.29, 1.82) is 0 Å². The lowest BCUT2D eigenvalue weighted by Crippen LogP contribution is -2.36. The number of benzene rings is 1. The van der Waals surface area contributed by atoms with Crippen LogP contribution in [0, 0.1) is 12.8 Å². The lowest BCUT2D eigenvalue weighted by molar-refractivity contribution is 0.0761. The third kappa shape index (κ3) is 4.76. The maximum atomic E-state index is 13.0. The molecule has 0 radical (unpaired) electrons. The van der Waals surface area contributed by atoms with Crippen LogP contribution in [-0.2, 0) is 6.42 Å². The zero-order chi connectivity index (χ0) is 19.4. The largest absolute Gasteiger partial charge is 0.369 e. The predicted octanol–water partition coefficient (Wildman–Crippen LogP) is 2.92. The van der Waals surface area contributed by atoms with Crippen LogP contribution in [0.1, 0.15) is 42.0 Å². The van der Waals surface area contributed by atoms with Gasteiger partial charge in [-0.3, -0.25) is 4.79 Å². The van der Waals surface area contributed by atoms with Gasteiger partial charge in [-0.2, -0.15) is 0 Å². The number of nitrogens with two attached hydrogens (primary N) is 1. The number of aryl methyl sites for hydroxylation is 1. The maximum absolute atomic E-state index is 13.0. The summed E-state index contributed by atoms with van der Waals surface area (Å²) in [5.74, 6) is 0.566. The number of carbonyl (C=O) groups is 1. The van der Waals surface area contributed by atoms with Crippen LogP contribution in [0.25, 0.3) is 0 Å². The Bertz CT molecular complexity index is 805. The van der Waals surface area contributed by atoms with Gasteiger partial charge < -0.3 is 15.5 Å². The summed E-state index contributed by atoms with van der Waals surface area (Å²) in [5, 5.41) is 0. The molecule has 2 N–H and O–H groups in total. The molecule has 1 saturated heterocycles. The minimum atomic E-state index is -0.0549. The number of amides is 1. The number of rotatable bonds is 4. The molecule has 1 amide bonds. The smallest absolute Gasteiger partial charge is 0.272 e. The van der Waals surface area contributed by atoms with E-state index in [2.05, 4.69) is 59.9 Å². The Labute approximate surface area is 161 Å². The van der Waals surface area contributed by atoms with Gasteiger partial charge in [0.2, 0.25) is 5.95 Å². The summed E-state index contributed by atoms with van der Waals surface area (Å²) in [5.41, 5.74) is 9.59. The highest BCUT2D eigenvalue weighted by atomic mass is 16.2. The molecule has 0 aliphatic carbocycles. The number of hydrogen-bond donors (Lipinski definition) is 1. The van der Waals surface area contributed by atoms with Crippen molar-refractivity contribution >= 4 is 17.5 Å². The van der Waals surface area contributed by atoms with Gasteiger partial charge in [-0.05, 0) is 43.4 Å². The average Bonchev–Trinajstić information content (AvgIpc) is 2.86. The molecule has 1 aliphatic heterocycles. The van der Waals surface area contributed by atoms with Crippen molar-refractivity contribution < 1.29 is 4.79 Å². The molecule has 27 heavy (non-hydrogen) atoms. The molecule has 1 aromatic heterocycles. The van der Waals surface area contributed by atoms with Crippen LogP contribution in [0.15, 0.2) is 30.3 Å². The summed E-state index contributed by atoms with van der Waals surface area (Å²) in [7, 11) is 0. The fourth-order valence-corrected chi connectivity index (χ4v) is 3.59. The minimum Gasteiger partial charge on any atom is -0.369 e. The molecule has 2 heterocycles. The van der Waals surface area contributed by atoms with E-state index >= 15 is 0 Å². The summed E-state index contributed by atoms with van der Waals surface area (Å²) < 4.78 is 0. The summed E-state index contributed by atoms with van der Waals surface area (Å²) in [6.45, 7) is 9.53. The topological polar surface area (TPSA) is 75.3 Å². The van der Waals surface area contributed by atoms with E-state index in [0.29, 0.717) is 18.2 Å². The molecular weight excluding hydrogens is 338 g/mol. The first-order valence-corrected chi connectivity index (χ1v) is 9.67. The highest BCUT2D eigenvalue weighted by Crippen LogP contribution is 2.21. The van der Waals surface area contributed by atoms with Crippen LogP contribution < -0.4 is 10.6 Å². The van der Waals surface area contributed by atoms with Crippen LogP contribution in [0.4, 0.5) is 11.6 Å². The molecule has 1 aliphatic rings. The van der Waals surface area contributed by atoms with Crippen LogP contribution in [0.3, 0.4) is 0 Å². The van der Waals surface area contributed by atoms with Crippen LogP contribution in [0.2, 0.25) is 0 Å². The van der Waals surface area contributed by atoms with Crippen LogP contribution in [-0.4, -0.2) is 47.0 Å². The monoisotopic (exact) mass is 367 g/mol. The van der Waals surface area contributed by atoms with Crippen molar-refractivity contribution in [2.45, 2.75) is 33.6 Å². The molecule has 0 atom stereocenters. The summed E-state index contributed by atoms with van der Waals surface area (Å²) in [4.78, 5) is 25.7. The van der Waals surface area contributed by atoms with Gasteiger partial charge in [0, 0.05) is 37.6 Å². The number of nitrogens with zero attached hydrogens (tertiary/aromatic N) is 4. The standard InChI is InChI=1S/C21H29N5O/c1-15(2)13-17-14-18(24-21(22)23-17)20(27)26-10-6-9-25(11-12-26)19-8-5-4-7-16(19)3/h4-5,7-8,14-15H,6,9-13H2,1-3H3,(H2,22,23,24). The lowest BCUT2D eigenvalue weighted by Gasteiger charge is -2.25. The molecule has 6 nitrogen and oxygen atoms in total. The van der Waals surface area contributed by atoms with Crippen molar-refractivity contribution in [2.75, 3.05) is 36.8 Å². The third-order valence-corrected chi connectivity index (χ3v) is 4.87. The van der Waals surface area contributed by atoms with Gasteiger partial charge in [-0.15, -0.1) is 0 Å². The second-order valence-electron chi connectivity index (χ2n) is 7.62. The fourth-order valence-electron chi connectivity index (χ4n) is 3.59. The first-order chi connectivity index (χ1) is 12.9. The van der Waals surface area contributed by atoms with E-state index in [0.717, 1.165) is 38.2 Å². The van der Waals surface area contributed by atoms with Crippen LogP contribution >= 0.6 is 0 Å². The van der Waals surface area contributed by atoms with Gasteiger partial charge in [0.05, 0.1) is 0 Å². The molecular formula is C21H29N5O. The molecule has 1 aromatic carbocycles. The number of carbonyl (C=O) groups excluding carboxylic acids is 1. The number of hydrogen-bond acceptors (Lipinski definition) is 5. The molecule has 3 rings (SSSR count). The maximum Gasteiger partial charge on any atom is 0.272 e. The summed E-state index contributed by atoms with van der Waals surface area (Å²) >= 11 is 0. The number of nitrogen functional groups attached to an aromatic ring is 1. The number of anilines is 2. The van der Waals surface area contributed by atoms with Crippen LogP contribution in [0.5, 0.6) is 0 Å². The summed E-state index contributed by atoms with van der Waals surface area (Å²) in [6, 6.07) is 10.2. The van der Waals surface area contributed by atoms with Gasteiger partial charge in [0.1, 0.15) is 5.69 Å². The Morgan fingerprint density at radius 3 is 2.67 bits per heavy atom.